The molecule has 2 heterocycles. The minimum absolute atomic E-state index is 0.735. The van der Waals surface area contributed by atoms with Gasteiger partial charge in [-0.15, -0.1) is 16.8 Å². The van der Waals surface area contributed by atoms with Crippen molar-refractivity contribution >= 4 is 17.4 Å². The summed E-state index contributed by atoms with van der Waals surface area (Å²) in [5.74, 6) is 1.60. The third-order valence-corrected chi connectivity index (χ3v) is 3.87. The van der Waals surface area contributed by atoms with Crippen LogP contribution in [0.2, 0.25) is 0 Å². The van der Waals surface area contributed by atoms with Crippen LogP contribution in [0.4, 0.5) is 0 Å². The van der Waals surface area contributed by atoms with Gasteiger partial charge in [0.05, 0.1) is 12.8 Å². The molecule has 0 fully saturated rings. The zero-order chi connectivity index (χ0) is 14.7. The van der Waals surface area contributed by atoms with E-state index < -0.39 is 0 Å². The van der Waals surface area contributed by atoms with Crippen LogP contribution in [0.1, 0.15) is 0 Å². The van der Waals surface area contributed by atoms with Crippen molar-refractivity contribution in [2.45, 2.75) is 5.16 Å². The van der Waals surface area contributed by atoms with Crippen LogP contribution in [-0.2, 0) is 0 Å². The molecule has 0 saturated carbocycles. The Hall–Kier alpha value is -2.34. The molecular formula is C15H14N4OS. The van der Waals surface area contributed by atoms with Crippen LogP contribution in [0.15, 0.2) is 54.2 Å². The molecule has 0 aliphatic carbocycles. The zero-order valence-electron chi connectivity index (χ0n) is 11.6. The summed E-state index contributed by atoms with van der Waals surface area (Å²) in [6, 6.07) is 11.6. The summed E-state index contributed by atoms with van der Waals surface area (Å²) in [5.41, 5.74) is 2.62. The van der Waals surface area contributed by atoms with Crippen molar-refractivity contribution in [3.05, 3.63) is 49.1 Å². The van der Waals surface area contributed by atoms with Gasteiger partial charge in [0.15, 0.2) is 5.65 Å². The first-order valence-corrected chi connectivity index (χ1v) is 7.41. The number of hydrogen-bond donors (Lipinski definition) is 0. The fourth-order valence-electron chi connectivity index (χ4n) is 1.91. The normalized spacial score (nSPS) is 10.7. The molecule has 3 aromatic rings. The molecule has 6 heteroatoms. The molecule has 5 nitrogen and oxygen atoms in total. The van der Waals surface area contributed by atoms with E-state index in [0.717, 1.165) is 33.6 Å². The smallest absolute Gasteiger partial charge is 0.212 e. The Labute approximate surface area is 126 Å². The number of methoxy groups -OCH3 is 1. The summed E-state index contributed by atoms with van der Waals surface area (Å²) in [6.45, 7) is 3.71. The summed E-state index contributed by atoms with van der Waals surface area (Å²) in [5, 5.41) is 13.6. The Morgan fingerprint density at radius 1 is 1.19 bits per heavy atom. The average molecular weight is 298 g/mol. The first-order chi connectivity index (χ1) is 10.3. The van der Waals surface area contributed by atoms with E-state index >= 15 is 0 Å². The van der Waals surface area contributed by atoms with Gasteiger partial charge in [-0.3, -0.25) is 0 Å². The van der Waals surface area contributed by atoms with E-state index in [9.17, 15) is 0 Å². The number of ether oxygens (including phenoxy) is 1. The summed E-state index contributed by atoms with van der Waals surface area (Å²) in [7, 11) is 1.65. The van der Waals surface area contributed by atoms with Gasteiger partial charge in [-0.25, -0.2) is 0 Å². The second-order valence-corrected chi connectivity index (χ2v) is 5.29. The van der Waals surface area contributed by atoms with Crippen molar-refractivity contribution in [2.75, 3.05) is 12.9 Å². The second-order valence-electron chi connectivity index (χ2n) is 4.30. The molecule has 0 radical (unpaired) electrons. The van der Waals surface area contributed by atoms with Gasteiger partial charge >= 0.3 is 0 Å². The minimum Gasteiger partial charge on any atom is -0.497 e. The zero-order valence-corrected chi connectivity index (χ0v) is 12.4. The van der Waals surface area contributed by atoms with Gasteiger partial charge in [0.25, 0.3) is 0 Å². The number of aromatic nitrogens is 4. The molecule has 1 aromatic carbocycles. The summed E-state index contributed by atoms with van der Waals surface area (Å²) < 4.78 is 6.93. The van der Waals surface area contributed by atoms with Crippen LogP contribution in [0.25, 0.3) is 16.9 Å². The van der Waals surface area contributed by atoms with Crippen LogP contribution >= 0.6 is 11.8 Å². The third kappa shape index (κ3) is 2.75. The first-order valence-electron chi connectivity index (χ1n) is 6.42. The maximum Gasteiger partial charge on any atom is 0.212 e. The van der Waals surface area contributed by atoms with Crippen LogP contribution < -0.4 is 4.74 Å². The Balaban J connectivity index is 2.00. The lowest BCUT2D eigenvalue weighted by Gasteiger charge is -2.04. The molecule has 0 N–H and O–H groups in total. The summed E-state index contributed by atoms with van der Waals surface area (Å²) >= 11 is 1.56. The molecule has 0 unspecified atom stereocenters. The van der Waals surface area contributed by atoms with E-state index in [4.69, 9.17) is 4.74 Å². The predicted octanol–water partition coefficient (Wildman–Crippen LogP) is 3.08. The molecule has 0 amide bonds. The lowest BCUT2D eigenvalue weighted by atomic mass is 10.1. The standard InChI is InChI=1S/C15H14N4OS/c1-3-10-21-15-17-16-14-9-8-13(18-19(14)15)11-4-6-12(20-2)7-5-11/h3-9H,1,10H2,2H3. The number of rotatable bonds is 5. The molecule has 0 spiro atoms. The number of thioether (sulfide) groups is 1. The van der Waals surface area contributed by atoms with Gasteiger partial charge in [0.2, 0.25) is 5.16 Å². The molecule has 0 bridgehead atoms. The molecule has 3 rings (SSSR count). The molecule has 0 aliphatic heterocycles. The van der Waals surface area contributed by atoms with E-state index in [1.165, 1.54) is 0 Å². The van der Waals surface area contributed by atoms with Gasteiger partial charge in [-0.2, -0.15) is 9.61 Å². The lowest BCUT2D eigenvalue weighted by molar-refractivity contribution is 0.415. The van der Waals surface area contributed by atoms with Crippen LogP contribution in [0, 0.1) is 0 Å². The fourth-order valence-corrected chi connectivity index (χ4v) is 2.53. The van der Waals surface area contributed by atoms with E-state index in [-0.39, 0.29) is 0 Å². The Morgan fingerprint density at radius 3 is 2.71 bits per heavy atom. The van der Waals surface area contributed by atoms with Crippen molar-refractivity contribution in [3.63, 3.8) is 0 Å². The number of hydrogen-bond acceptors (Lipinski definition) is 5. The molecular weight excluding hydrogens is 284 g/mol. The predicted molar refractivity (Wildman–Crippen MR) is 83.7 cm³/mol. The number of nitrogens with zero attached hydrogens (tertiary/aromatic N) is 4. The van der Waals surface area contributed by atoms with Gasteiger partial charge in [0, 0.05) is 11.3 Å². The van der Waals surface area contributed by atoms with Crippen LogP contribution in [-0.4, -0.2) is 32.7 Å². The molecule has 21 heavy (non-hydrogen) atoms. The lowest BCUT2D eigenvalue weighted by Crippen LogP contribution is -1.96. The SMILES string of the molecule is C=CCSc1nnc2ccc(-c3ccc(OC)cc3)nn12. The molecule has 106 valence electrons. The van der Waals surface area contributed by atoms with E-state index in [2.05, 4.69) is 21.9 Å². The molecule has 0 aliphatic rings. The molecule has 0 atom stereocenters. The number of fused-ring (bicyclic) bond motifs is 1. The van der Waals surface area contributed by atoms with Crippen LogP contribution in [0.3, 0.4) is 0 Å². The van der Waals surface area contributed by atoms with E-state index in [0.29, 0.717) is 0 Å². The second kappa shape index (κ2) is 5.97. The third-order valence-electron chi connectivity index (χ3n) is 2.95. The molecule has 2 aromatic heterocycles. The van der Waals surface area contributed by atoms with Crippen molar-refractivity contribution in [1.29, 1.82) is 0 Å². The quantitative estimate of drug-likeness (QED) is 0.535. The first kappa shape index (κ1) is 13.6. The Bertz CT molecular complexity index is 767. The van der Waals surface area contributed by atoms with Crippen molar-refractivity contribution in [3.8, 4) is 17.0 Å². The molecule has 0 saturated heterocycles. The van der Waals surface area contributed by atoms with Gasteiger partial charge in [0.1, 0.15) is 5.75 Å². The Kier molecular flexibility index (Phi) is 3.87. The van der Waals surface area contributed by atoms with Gasteiger partial charge < -0.3 is 4.74 Å². The maximum absolute atomic E-state index is 5.17. The van der Waals surface area contributed by atoms with E-state index in [1.807, 2.05) is 42.5 Å². The fraction of sp³-hybridized carbons (Fsp3) is 0.133. The Morgan fingerprint density at radius 2 is 2.00 bits per heavy atom. The number of benzene rings is 1. The maximum atomic E-state index is 5.17. The summed E-state index contributed by atoms with van der Waals surface area (Å²) in [6.07, 6.45) is 1.83. The minimum atomic E-state index is 0.735. The van der Waals surface area contributed by atoms with Crippen LogP contribution in [0.5, 0.6) is 5.75 Å². The largest absolute Gasteiger partial charge is 0.497 e. The highest BCUT2D eigenvalue weighted by atomic mass is 32.2. The van der Waals surface area contributed by atoms with Crippen molar-refractivity contribution in [1.82, 2.24) is 19.8 Å². The average Bonchev–Trinajstić information content (AvgIpc) is 2.95. The monoisotopic (exact) mass is 298 g/mol. The highest BCUT2D eigenvalue weighted by Crippen LogP contribution is 2.22. The highest BCUT2D eigenvalue weighted by molar-refractivity contribution is 7.99. The topological polar surface area (TPSA) is 52.3 Å². The van der Waals surface area contributed by atoms with Crippen molar-refractivity contribution in [2.24, 2.45) is 0 Å². The van der Waals surface area contributed by atoms with Gasteiger partial charge in [-0.1, -0.05) is 17.8 Å². The van der Waals surface area contributed by atoms with E-state index in [1.54, 1.807) is 23.4 Å². The highest BCUT2D eigenvalue weighted by Gasteiger charge is 2.08. The van der Waals surface area contributed by atoms with Gasteiger partial charge in [-0.05, 0) is 36.4 Å². The summed E-state index contributed by atoms with van der Waals surface area (Å²) in [4.78, 5) is 0. The van der Waals surface area contributed by atoms with Crippen molar-refractivity contribution < 1.29 is 4.74 Å².